The van der Waals surface area contributed by atoms with Gasteiger partial charge in [0.1, 0.15) is 0 Å². The van der Waals surface area contributed by atoms with E-state index in [0.29, 0.717) is 0 Å². The smallest absolute Gasteiger partial charge is 0.0725 e. The zero-order chi connectivity index (χ0) is 36.1. The second-order valence-electron chi connectivity index (χ2n) is 14.8. The van der Waals surface area contributed by atoms with Crippen LogP contribution < -0.4 is 4.90 Å². The van der Waals surface area contributed by atoms with Crippen molar-refractivity contribution in [3.63, 3.8) is 0 Å². The van der Waals surface area contributed by atoms with Crippen LogP contribution in [0.5, 0.6) is 0 Å². The molecule has 0 radical (unpaired) electrons. The second-order valence-corrected chi connectivity index (χ2v) is 14.8. The number of aromatic nitrogens is 1. The van der Waals surface area contributed by atoms with Gasteiger partial charge in [0.15, 0.2) is 0 Å². The van der Waals surface area contributed by atoms with Gasteiger partial charge in [-0.1, -0.05) is 158 Å². The van der Waals surface area contributed by atoms with Crippen molar-refractivity contribution in [1.82, 2.24) is 4.57 Å². The van der Waals surface area contributed by atoms with Crippen molar-refractivity contribution in [3.05, 3.63) is 229 Å². The Morgan fingerprint density at radius 3 is 1.62 bits per heavy atom. The van der Waals surface area contributed by atoms with Gasteiger partial charge in [-0.2, -0.15) is 0 Å². The molecule has 2 nitrogen and oxygen atoms in total. The van der Waals surface area contributed by atoms with Gasteiger partial charge in [0.05, 0.1) is 22.1 Å². The van der Waals surface area contributed by atoms with Crippen LogP contribution >= 0.6 is 0 Å². The third kappa shape index (κ3) is 4.08. The number of nitrogens with zero attached hydrogens (tertiary/aromatic N) is 2. The Morgan fingerprint density at radius 2 is 0.873 bits per heavy atom. The molecule has 1 spiro atoms. The zero-order valence-corrected chi connectivity index (χ0v) is 30.0. The molecule has 9 aromatic carbocycles. The van der Waals surface area contributed by atoms with E-state index in [1.807, 2.05) is 0 Å². The van der Waals surface area contributed by atoms with Crippen molar-refractivity contribution < 1.29 is 0 Å². The summed E-state index contributed by atoms with van der Waals surface area (Å²) in [6.07, 6.45) is 0. The fourth-order valence-electron chi connectivity index (χ4n) is 10.0. The fraction of sp³-hybridized carbons (Fsp3) is 0.0189. The van der Waals surface area contributed by atoms with E-state index in [9.17, 15) is 0 Å². The van der Waals surface area contributed by atoms with Crippen molar-refractivity contribution >= 4 is 49.6 Å². The van der Waals surface area contributed by atoms with Crippen molar-refractivity contribution in [1.29, 1.82) is 0 Å². The summed E-state index contributed by atoms with van der Waals surface area (Å²) >= 11 is 0. The summed E-state index contributed by atoms with van der Waals surface area (Å²) in [6.45, 7) is 0. The number of rotatable bonds is 4. The lowest BCUT2D eigenvalue weighted by molar-refractivity contribution is 0.794. The molecule has 0 aliphatic heterocycles. The summed E-state index contributed by atoms with van der Waals surface area (Å²) in [7, 11) is 0. The molecule has 2 aliphatic carbocycles. The molecule has 55 heavy (non-hydrogen) atoms. The molecule has 1 heterocycles. The monoisotopic (exact) mass is 698 g/mol. The number of hydrogen-bond donors (Lipinski definition) is 0. The Kier molecular flexibility index (Phi) is 6.29. The van der Waals surface area contributed by atoms with Crippen LogP contribution in [0.2, 0.25) is 0 Å². The zero-order valence-electron chi connectivity index (χ0n) is 30.0. The average molecular weight is 699 g/mol. The molecule has 12 rings (SSSR count). The molecule has 256 valence electrons. The minimum atomic E-state index is -0.378. The van der Waals surface area contributed by atoms with E-state index < -0.39 is 0 Å². The third-order valence-corrected chi connectivity index (χ3v) is 12.2. The molecule has 0 amide bonds. The maximum Gasteiger partial charge on any atom is 0.0725 e. The minimum absolute atomic E-state index is 0.378. The molecule has 1 aromatic heterocycles. The first-order valence-electron chi connectivity index (χ1n) is 19.1. The van der Waals surface area contributed by atoms with Crippen LogP contribution in [0.4, 0.5) is 17.1 Å². The highest BCUT2D eigenvalue weighted by molar-refractivity contribution is 6.11. The van der Waals surface area contributed by atoms with E-state index in [0.717, 1.165) is 22.7 Å². The summed E-state index contributed by atoms with van der Waals surface area (Å²) in [4.78, 5) is 2.47. The van der Waals surface area contributed by atoms with E-state index >= 15 is 0 Å². The van der Waals surface area contributed by atoms with Gasteiger partial charge in [-0.3, -0.25) is 0 Å². The Hall–Kier alpha value is -7.16. The molecular weight excluding hydrogens is 665 g/mol. The summed E-state index contributed by atoms with van der Waals surface area (Å²) in [5.41, 5.74) is 17.2. The Bertz CT molecular complexity index is 3120. The van der Waals surface area contributed by atoms with Crippen LogP contribution in [0.1, 0.15) is 22.3 Å². The van der Waals surface area contributed by atoms with Crippen molar-refractivity contribution in [3.8, 4) is 27.9 Å². The summed E-state index contributed by atoms with van der Waals surface area (Å²) < 4.78 is 2.41. The molecule has 2 aliphatic rings. The normalized spacial score (nSPS) is 13.2. The molecule has 2 heteroatoms. The summed E-state index contributed by atoms with van der Waals surface area (Å²) in [5.74, 6) is 0. The maximum absolute atomic E-state index is 2.47. The second kappa shape index (κ2) is 11.4. The van der Waals surface area contributed by atoms with Crippen molar-refractivity contribution in [2.75, 3.05) is 4.90 Å². The van der Waals surface area contributed by atoms with Gasteiger partial charge < -0.3 is 9.47 Å². The van der Waals surface area contributed by atoms with E-state index in [4.69, 9.17) is 0 Å². The molecule has 0 saturated heterocycles. The number of fused-ring (bicyclic) bond motifs is 14. The standard InChI is InChI=1S/C53H34N2/c1-2-17-36(18-3-1)55-51-27-13-9-23-43(51)44-31-29-38(34-52(44)55)54(50-28-14-16-35-15-4-5-19-39(35)50)37-30-32-49-45(33-37)42-22-8-12-26-48(42)53(49)46-24-10-6-20-40(46)41-21-7-11-25-47(41)53/h1-34H. The maximum atomic E-state index is 2.47. The summed E-state index contributed by atoms with van der Waals surface area (Å²) in [6, 6.07) is 76.3. The van der Waals surface area contributed by atoms with Gasteiger partial charge >= 0.3 is 0 Å². The predicted molar refractivity (Wildman–Crippen MR) is 229 cm³/mol. The Morgan fingerprint density at radius 1 is 0.345 bits per heavy atom. The summed E-state index contributed by atoms with van der Waals surface area (Å²) in [5, 5.41) is 4.92. The van der Waals surface area contributed by atoms with Crippen LogP contribution in [-0.4, -0.2) is 4.57 Å². The van der Waals surface area contributed by atoms with E-state index in [2.05, 4.69) is 216 Å². The highest BCUT2D eigenvalue weighted by Crippen LogP contribution is 2.63. The molecular formula is C53H34N2. The highest BCUT2D eigenvalue weighted by atomic mass is 15.1. The fourth-order valence-corrected chi connectivity index (χ4v) is 10.0. The molecule has 0 unspecified atom stereocenters. The quantitative estimate of drug-likeness (QED) is 0.178. The van der Waals surface area contributed by atoms with Crippen LogP contribution in [0.25, 0.3) is 60.5 Å². The van der Waals surface area contributed by atoms with Crippen LogP contribution in [0.15, 0.2) is 206 Å². The SMILES string of the molecule is c1ccc(-n2c3ccccc3c3ccc(N(c4ccc5c(c4)-c4ccccc4C54c5ccccc5-c5ccccc54)c4cccc5ccccc45)cc32)cc1. The molecule has 0 fully saturated rings. The van der Waals surface area contributed by atoms with Gasteiger partial charge in [0.2, 0.25) is 0 Å². The minimum Gasteiger partial charge on any atom is -0.310 e. The van der Waals surface area contributed by atoms with E-state index in [1.165, 1.54) is 77.1 Å². The van der Waals surface area contributed by atoms with E-state index in [-0.39, 0.29) is 5.41 Å². The lowest BCUT2D eigenvalue weighted by atomic mass is 9.70. The predicted octanol–water partition coefficient (Wildman–Crippen LogP) is 13.8. The lowest BCUT2D eigenvalue weighted by Gasteiger charge is -2.31. The van der Waals surface area contributed by atoms with E-state index in [1.54, 1.807) is 0 Å². The van der Waals surface area contributed by atoms with Gasteiger partial charge in [-0.25, -0.2) is 0 Å². The molecule has 0 saturated carbocycles. The number of benzene rings is 9. The average Bonchev–Trinajstić information content (AvgIpc) is 3.86. The van der Waals surface area contributed by atoms with Gasteiger partial charge in [0, 0.05) is 33.2 Å². The molecule has 0 N–H and O–H groups in total. The Labute approximate surface area is 319 Å². The first kappa shape index (κ1) is 30.3. The topological polar surface area (TPSA) is 8.17 Å². The van der Waals surface area contributed by atoms with Crippen LogP contribution in [-0.2, 0) is 5.41 Å². The largest absolute Gasteiger partial charge is 0.310 e. The lowest BCUT2D eigenvalue weighted by Crippen LogP contribution is -2.25. The first-order chi connectivity index (χ1) is 27.3. The number of anilines is 3. The Balaban J connectivity index is 1.14. The van der Waals surface area contributed by atoms with Gasteiger partial charge in [-0.15, -0.1) is 0 Å². The van der Waals surface area contributed by atoms with Gasteiger partial charge in [-0.05, 0) is 98.4 Å². The molecule has 10 aromatic rings. The van der Waals surface area contributed by atoms with Gasteiger partial charge in [0.25, 0.3) is 0 Å². The van der Waals surface area contributed by atoms with Crippen LogP contribution in [0.3, 0.4) is 0 Å². The number of para-hydroxylation sites is 2. The molecule has 0 atom stereocenters. The first-order valence-corrected chi connectivity index (χ1v) is 19.1. The van der Waals surface area contributed by atoms with Crippen molar-refractivity contribution in [2.24, 2.45) is 0 Å². The highest BCUT2D eigenvalue weighted by Gasteiger charge is 2.51. The van der Waals surface area contributed by atoms with Crippen LogP contribution in [0, 0.1) is 0 Å². The third-order valence-electron chi connectivity index (χ3n) is 12.2. The van der Waals surface area contributed by atoms with Crippen molar-refractivity contribution in [2.45, 2.75) is 5.41 Å². The number of hydrogen-bond acceptors (Lipinski definition) is 1. The molecule has 0 bridgehead atoms.